The molecule has 0 amide bonds. The first-order chi connectivity index (χ1) is 9.80. The van der Waals surface area contributed by atoms with E-state index in [4.69, 9.17) is 10.5 Å². The summed E-state index contributed by atoms with van der Waals surface area (Å²) in [5, 5.41) is 0. The van der Waals surface area contributed by atoms with Crippen molar-refractivity contribution in [1.82, 2.24) is 9.80 Å². The number of likely N-dealkylation sites (N-methyl/N-ethyl adjacent to an activating group) is 1. The summed E-state index contributed by atoms with van der Waals surface area (Å²) >= 11 is 0. The highest BCUT2D eigenvalue weighted by Crippen LogP contribution is 2.41. The summed E-state index contributed by atoms with van der Waals surface area (Å²) in [6, 6.07) is 8.40. The Kier molecular flexibility index (Phi) is 3.96. The van der Waals surface area contributed by atoms with E-state index in [1.54, 1.807) is 0 Å². The lowest BCUT2D eigenvalue weighted by molar-refractivity contribution is 0.00923. The molecular formula is C16H25N3O. The Labute approximate surface area is 121 Å². The predicted molar refractivity (Wildman–Crippen MR) is 81.0 cm³/mol. The van der Waals surface area contributed by atoms with Crippen molar-refractivity contribution in [3.8, 4) is 5.75 Å². The molecule has 4 heteroatoms. The highest BCUT2D eigenvalue weighted by atomic mass is 16.5. The fraction of sp³-hybridized carbons (Fsp3) is 0.625. The van der Waals surface area contributed by atoms with Crippen LogP contribution in [0.3, 0.4) is 0 Å². The zero-order valence-corrected chi connectivity index (χ0v) is 12.3. The lowest BCUT2D eigenvalue weighted by Crippen LogP contribution is -2.59. The van der Waals surface area contributed by atoms with Gasteiger partial charge in [0.1, 0.15) is 5.75 Å². The van der Waals surface area contributed by atoms with Gasteiger partial charge in [0.25, 0.3) is 0 Å². The van der Waals surface area contributed by atoms with Gasteiger partial charge in [0.05, 0.1) is 12.1 Å². The third-order valence-corrected chi connectivity index (χ3v) is 4.92. The molecule has 4 nitrogen and oxygen atoms in total. The Bertz CT molecular complexity index is 457. The van der Waals surface area contributed by atoms with E-state index in [2.05, 4.69) is 34.9 Å². The highest BCUT2D eigenvalue weighted by Gasteiger charge is 2.42. The Morgan fingerprint density at radius 3 is 2.65 bits per heavy atom. The molecule has 1 atom stereocenters. The third-order valence-electron chi connectivity index (χ3n) is 4.92. The molecule has 1 unspecified atom stereocenters. The second-order valence-corrected chi connectivity index (χ2v) is 5.75. The van der Waals surface area contributed by atoms with Gasteiger partial charge in [-0.2, -0.15) is 0 Å². The molecule has 0 bridgehead atoms. The molecule has 0 spiro atoms. The quantitative estimate of drug-likeness (QED) is 0.902. The van der Waals surface area contributed by atoms with Gasteiger partial charge in [-0.15, -0.1) is 0 Å². The molecule has 0 radical (unpaired) electrons. The number of fused-ring (bicyclic) bond motifs is 1. The van der Waals surface area contributed by atoms with Crippen LogP contribution in [0.4, 0.5) is 0 Å². The Morgan fingerprint density at radius 2 is 1.95 bits per heavy atom. The van der Waals surface area contributed by atoms with Crippen molar-refractivity contribution in [3.63, 3.8) is 0 Å². The summed E-state index contributed by atoms with van der Waals surface area (Å²) in [7, 11) is 0. The minimum atomic E-state index is -0.0331. The fourth-order valence-electron chi connectivity index (χ4n) is 3.60. The number of nitrogens with zero attached hydrogens (tertiary/aromatic N) is 2. The second-order valence-electron chi connectivity index (χ2n) is 5.75. The van der Waals surface area contributed by atoms with Crippen molar-refractivity contribution in [3.05, 3.63) is 29.8 Å². The molecule has 2 aliphatic heterocycles. The molecule has 1 saturated heterocycles. The number of ether oxygens (including phenoxy) is 1. The molecule has 2 N–H and O–H groups in total. The normalized spacial score (nSPS) is 27.9. The first-order valence-corrected chi connectivity index (χ1v) is 7.70. The molecule has 20 heavy (non-hydrogen) atoms. The van der Waals surface area contributed by atoms with Gasteiger partial charge in [0, 0.05) is 44.7 Å². The number of piperazine rings is 1. The summed E-state index contributed by atoms with van der Waals surface area (Å²) in [4.78, 5) is 5.09. The number of hydrogen-bond acceptors (Lipinski definition) is 4. The molecule has 0 aromatic heterocycles. The first-order valence-electron chi connectivity index (χ1n) is 7.70. The minimum absolute atomic E-state index is 0.0331. The van der Waals surface area contributed by atoms with Gasteiger partial charge in [0.15, 0.2) is 0 Å². The van der Waals surface area contributed by atoms with Crippen LogP contribution in [0.25, 0.3) is 0 Å². The number of para-hydroxylation sites is 1. The maximum absolute atomic E-state index is 6.24. The van der Waals surface area contributed by atoms with Crippen molar-refractivity contribution in [2.24, 2.45) is 5.73 Å². The van der Waals surface area contributed by atoms with E-state index >= 15 is 0 Å². The zero-order valence-electron chi connectivity index (χ0n) is 12.3. The van der Waals surface area contributed by atoms with Crippen molar-refractivity contribution in [1.29, 1.82) is 0 Å². The maximum Gasteiger partial charge on any atom is 0.124 e. The van der Waals surface area contributed by atoms with E-state index in [0.29, 0.717) is 6.54 Å². The smallest absolute Gasteiger partial charge is 0.124 e. The van der Waals surface area contributed by atoms with Gasteiger partial charge in [-0.25, -0.2) is 0 Å². The van der Waals surface area contributed by atoms with Crippen LogP contribution >= 0.6 is 0 Å². The SMILES string of the molecule is CCN1CCN(C2(CN)CCOc3ccccc32)CC1. The molecule has 1 fully saturated rings. The molecular weight excluding hydrogens is 250 g/mol. The number of nitrogens with two attached hydrogens (primary N) is 1. The molecule has 110 valence electrons. The van der Waals surface area contributed by atoms with Crippen LogP contribution in [-0.4, -0.2) is 55.7 Å². The van der Waals surface area contributed by atoms with Crippen LogP contribution in [0.5, 0.6) is 5.75 Å². The molecule has 0 aliphatic carbocycles. The summed E-state index contributed by atoms with van der Waals surface area (Å²) in [6.45, 7) is 9.28. The summed E-state index contributed by atoms with van der Waals surface area (Å²) in [5.41, 5.74) is 7.48. The lowest BCUT2D eigenvalue weighted by atomic mass is 9.82. The largest absolute Gasteiger partial charge is 0.493 e. The summed E-state index contributed by atoms with van der Waals surface area (Å²) < 4.78 is 5.82. The minimum Gasteiger partial charge on any atom is -0.493 e. The Hall–Kier alpha value is -1.10. The van der Waals surface area contributed by atoms with E-state index in [0.717, 1.165) is 51.5 Å². The summed E-state index contributed by atoms with van der Waals surface area (Å²) in [6.07, 6.45) is 0.993. The number of hydrogen-bond donors (Lipinski definition) is 1. The molecule has 1 aromatic carbocycles. The fourth-order valence-corrected chi connectivity index (χ4v) is 3.60. The average molecular weight is 275 g/mol. The monoisotopic (exact) mass is 275 g/mol. The Balaban J connectivity index is 1.89. The standard InChI is InChI=1S/C16H25N3O/c1-2-18-8-10-19(11-9-18)16(13-17)7-12-20-15-6-4-3-5-14(15)16/h3-6H,2,7-13,17H2,1H3. The molecule has 2 heterocycles. The zero-order chi connectivity index (χ0) is 14.0. The van der Waals surface area contributed by atoms with Crippen LogP contribution in [0.2, 0.25) is 0 Å². The first kappa shape index (κ1) is 13.9. The van der Waals surface area contributed by atoms with Crippen LogP contribution in [0.15, 0.2) is 24.3 Å². The van der Waals surface area contributed by atoms with Gasteiger partial charge >= 0.3 is 0 Å². The van der Waals surface area contributed by atoms with E-state index in [9.17, 15) is 0 Å². The van der Waals surface area contributed by atoms with Crippen molar-refractivity contribution < 1.29 is 4.74 Å². The van der Waals surface area contributed by atoms with E-state index in [1.165, 1.54) is 5.56 Å². The van der Waals surface area contributed by atoms with E-state index < -0.39 is 0 Å². The van der Waals surface area contributed by atoms with Crippen molar-refractivity contribution in [2.45, 2.75) is 18.9 Å². The van der Waals surface area contributed by atoms with Gasteiger partial charge in [-0.05, 0) is 12.6 Å². The number of rotatable bonds is 3. The average Bonchev–Trinajstić information content (AvgIpc) is 2.54. The van der Waals surface area contributed by atoms with Gasteiger partial charge in [-0.1, -0.05) is 25.1 Å². The third kappa shape index (κ3) is 2.22. The van der Waals surface area contributed by atoms with Crippen molar-refractivity contribution >= 4 is 0 Å². The van der Waals surface area contributed by atoms with Gasteiger partial charge in [0.2, 0.25) is 0 Å². The van der Waals surface area contributed by atoms with Crippen LogP contribution in [-0.2, 0) is 5.54 Å². The van der Waals surface area contributed by atoms with Gasteiger partial charge in [-0.3, -0.25) is 4.90 Å². The van der Waals surface area contributed by atoms with Gasteiger partial charge < -0.3 is 15.4 Å². The second kappa shape index (κ2) is 5.72. The van der Waals surface area contributed by atoms with Crippen molar-refractivity contribution in [2.75, 3.05) is 45.9 Å². The molecule has 3 rings (SSSR count). The predicted octanol–water partition coefficient (Wildman–Crippen LogP) is 1.26. The highest BCUT2D eigenvalue weighted by molar-refractivity contribution is 5.41. The number of benzene rings is 1. The maximum atomic E-state index is 6.24. The molecule has 0 saturated carbocycles. The van der Waals surface area contributed by atoms with E-state index in [-0.39, 0.29) is 5.54 Å². The lowest BCUT2D eigenvalue weighted by Gasteiger charge is -2.49. The molecule has 2 aliphatic rings. The Morgan fingerprint density at radius 1 is 1.20 bits per heavy atom. The molecule has 1 aromatic rings. The van der Waals surface area contributed by atoms with E-state index in [1.807, 2.05) is 6.07 Å². The van der Waals surface area contributed by atoms with Crippen LogP contribution in [0, 0.1) is 0 Å². The van der Waals surface area contributed by atoms with Crippen LogP contribution < -0.4 is 10.5 Å². The van der Waals surface area contributed by atoms with Crippen LogP contribution in [0.1, 0.15) is 18.9 Å². The topological polar surface area (TPSA) is 41.7 Å². The summed E-state index contributed by atoms with van der Waals surface area (Å²) in [5.74, 6) is 1.02.